The molecule has 0 saturated carbocycles. The fourth-order valence-corrected chi connectivity index (χ4v) is 6.74. The first kappa shape index (κ1) is 29.7. The molecule has 14 heteroatoms. The molecular weight excluding hydrogens is 570 g/mol. The summed E-state index contributed by atoms with van der Waals surface area (Å²) >= 11 is 0. The van der Waals surface area contributed by atoms with Crippen molar-refractivity contribution in [1.29, 1.82) is 0 Å². The van der Waals surface area contributed by atoms with Crippen molar-refractivity contribution >= 4 is 5.97 Å². The van der Waals surface area contributed by atoms with Crippen LogP contribution in [0.2, 0.25) is 0 Å². The first-order chi connectivity index (χ1) is 20.3. The second-order valence-corrected chi connectivity index (χ2v) is 11.0. The third kappa shape index (κ3) is 4.73. The van der Waals surface area contributed by atoms with Gasteiger partial charge in [0.1, 0.15) is 24.4 Å². The van der Waals surface area contributed by atoms with Crippen LogP contribution in [0.3, 0.4) is 0 Å². The Labute approximate surface area is 246 Å². The number of carbonyl (C=O) groups excluding carboxylic acids is 1. The standard InChI is InChI=1S/C29H32O13.H3N/c1-11-36-9-20-27(40-11)24(31)25(32)29(41-20)42-26-14-7-17-16(38-10-39-17)6-13(14)21(22-15(26)8-37-28(22)33)12-4-18(34-2)23(30)19(5-12)35-3;/h4-7,11,15,20-22,24-27,29-32H,8-10H2,1-3H3;1H3/t11-,15?,20-,21-,22+,24-,25-,26?,27-,29+;/m1./s1. The lowest BCUT2D eigenvalue weighted by Crippen LogP contribution is -2.63. The number of fused-ring (bicyclic) bond motifs is 4. The number of phenols is 1. The number of aliphatic hydroxyl groups is 2. The molecule has 2 aromatic rings. The Morgan fingerprint density at radius 1 is 0.884 bits per heavy atom. The lowest BCUT2D eigenvalue weighted by atomic mass is 9.66. The Bertz CT molecular complexity index is 1360. The number of aromatic hydroxyl groups is 1. The van der Waals surface area contributed by atoms with Crippen molar-refractivity contribution in [3.8, 4) is 28.7 Å². The van der Waals surface area contributed by atoms with Crippen LogP contribution < -0.4 is 25.1 Å². The predicted molar refractivity (Wildman–Crippen MR) is 143 cm³/mol. The van der Waals surface area contributed by atoms with Gasteiger partial charge >= 0.3 is 5.97 Å². The summed E-state index contributed by atoms with van der Waals surface area (Å²) < 4.78 is 51.5. The highest BCUT2D eigenvalue weighted by Crippen LogP contribution is 2.57. The Kier molecular flexibility index (Phi) is 7.79. The van der Waals surface area contributed by atoms with Crippen LogP contribution >= 0.6 is 0 Å². The average molecular weight is 606 g/mol. The van der Waals surface area contributed by atoms with Gasteiger partial charge in [0.25, 0.3) is 0 Å². The van der Waals surface area contributed by atoms with E-state index >= 15 is 0 Å². The van der Waals surface area contributed by atoms with Crippen molar-refractivity contribution in [2.45, 2.75) is 55.9 Å². The highest BCUT2D eigenvalue weighted by Gasteiger charge is 2.56. The molecular formula is C29H35NO13. The van der Waals surface area contributed by atoms with Gasteiger partial charge in [0, 0.05) is 11.8 Å². The van der Waals surface area contributed by atoms with Gasteiger partial charge in [-0.25, -0.2) is 0 Å². The molecule has 10 atom stereocenters. The van der Waals surface area contributed by atoms with E-state index in [1.165, 1.54) is 14.2 Å². The second-order valence-electron chi connectivity index (χ2n) is 11.0. The summed E-state index contributed by atoms with van der Waals surface area (Å²) in [6.45, 7) is 1.93. The molecule has 0 bridgehead atoms. The van der Waals surface area contributed by atoms with Gasteiger partial charge in [-0.15, -0.1) is 0 Å². The molecule has 2 unspecified atom stereocenters. The van der Waals surface area contributed by atoms with E-state index in [1.54, 1.807) is 31.2 Å². The molecule has 4 heterocycles. The van der Waals surface area contributed by atoms with Crippen molar-refractivity contribution in [3.05, 3.63) is 41.0 Å². The Balaban J connectivity index is 0.00000329. The first-order valence-corrected chi connectivity index (χ1v) is 13.8. The van der Waals surface area contributed by atoms with Crippen molar-refractivity contribution in [1.82, 2.24) is 6.15 Å². The third-order valence-electron chi connectivity index (χ3n) is 8.75. The summed E-state index contributed by atoms with van der Waals surface area (Å²) in [5.41, 5.74) is 2.01. The van der Waals surface area contributed by atoms with Crippen molar-refractivity contribution in [2.24, 2.45) is 11.8 Å². The number of hydrogen-bond donors (Lipinski definition) is 4. The minimum atomic E-state index is -1.44. The zero-order valence-electron chi connectivity index (χ0n) is 23.8. The van der Waals surface area contributed by atoms with E-state index in [-0.39, 0.29) is 43.4 Å². The number of methoxy groups -OCH3 is 2. The summed E-state index contributed by atoms with van der Waals surface area (Å²) in [7, 11) is 2.86. The normalized spacial score (nSPS) is 35.6. The number of carbonyl (C=O) groups is 1. The molecule has 14 nitrogen and oxygen atoms in total. The van der Waals surface area contributed by atoms with Gasteiger partial charge in [-0.05, 0) is 47.9 Å². The van der Waals surface area contributed by atoms with Gasteiger partial charge in [0.2, 0.25) is 12.5 Å². The molecule has 0 aromatic heterocycles. The summed E-state index contributed by atoms with van der Waals surface area (Å²) in [5, 5.41) is 32.5. The molecule has 3 fully saturated rings. The number of aliphatic hydroxyl groups excluding tert-OH is 2. The molecule has 0 radical (unpaired) electrons. The van der Waals surface area contributed by atoms with E-state index in [2.05, 4.69) is 0 Å². The maximum atomic E-state index is 13.4. The number of ether oxygens (including phenoxy) is 9. The van der Waals surface area contributed by atoms with E-state index in [0.29, 0.717) is 28.2 Å². The van der Waals surface area contributed by atoms with E-state index in [1.807, 2.05) is 0 Å². The van der Waals surface area contributed by atoms with Crippen LogP contribution in [0.25, 0.3) is 0 Å². The lowest BCUT2D eigenvalue weighted by Gasteiger charge is -2.47. The molecule has 5 aliphatic rings. The van der Waals surface area contributed by atoms with Crippen molar-refractivity contribution in [3.63, 3.8) is 0 Å². The van der Waals surface area contributed by atoms with Crippen LogP contribution in [0.15, 0.2) is 24.3 Å². The fourth-order valence-electron chi connectivity index (χ4n) is 6.74. The first-order valence-electron chi connectivity index (χ1n) is 13.8. The number of rotatable bonds is 5. The Hall–Kier alpha value is -3.37. The molecule has 0 spiro atoms. The monoisotopic (exact) mass is 605 g/mol. The zero-order chi connectivity index (χ0) is 29.3. The van der Waals surface area contributed by atoms with Crippen LogP contribution in [0, 0.1) is 11.8 Å². The molecule has 1 aliphatic carbocycles. The largest absolute Gasteiger partial charge is 0.502 e. The highest BCUT2D eigenvalue weighted by atomic mass is 16.8. The SMILES string of the molecule is COc1cc([C@@H]2c3cc4c(cc3C(O[C@@H]3O[C@@H]5CO[C@@H](C)O[C@H]5[C@H](O)[C@H]3O)C3COC(=O)[C@@H]32)OCO4)cc(OC)c1O.N. The zero-order valence-corrected chi connectivity index (χ0v) is 23.8. The number of cyclic esters (lactones) is 1. The molecule has 6 N–H and O–H groups in total. The van der Waals surface area contributed by atoms with E-state index in [4.69, 9.17) is 42.6 Å². The number of phenolic OH excluding ortho intramolecular Hbond substituents is 1. The molecule has 0 amide bonds. The smallest absolute Gasteiger partial charge is 0.310 e. The summed E-state index contributed by atoms with van der Waals surface area (Å²) in [5.74, 6) is -1.02. The van der Waals surface area contributed by atoms with Gasteiger partial charge in [0.15, 0.2) is 35.6 Å². The molecule has 7 rings (SSSR count). The van der Waals surface area contributed by atoms with Crippen LogP contribution in [-0.2, 0) is 28.5 Å². The summed E-state index contributed by atoms with van der Waals surface area (Å²) in [6, 6.07) is 6.93. The number of esters is 1. The molecule has 43 heavy (non-hydrogen) atoms. The summed E-state index contributed by atoms with van der Waals surface area (Å²) in [4.78, 5) is 13.4. The second kappa shape index (κ2) is 11.3. The van der Waals surface area contributed by atoms with E-state index in [9.17, 15) is 20.1 Å². The minimum Gasteiger partial charge on any atom is -0.502 e. The predicted octanol–water partition coefficient (Wildman–Crippen LogP) is 1.50. The summed E-state index contributed by atoms with van der Waals surface area (Å²) in [6.07, 6.45) is -6.80. The lowest BCUT2D eigenvalue weighted by molar-refractivity contribution is -0.364. The van der Waals surface area contributed by atoms with E-state index in [0.717, 1.165) is 0 Å². The van der Waals surface area contributed by atoms with Gasteiger partial charge in [-0.3, -0.25) is 4.79 Å². The van der Waals surface area contributed by atoms with Gasteiger partial charge in [-0.2, -0.15) is 0 Å². The number of hydrogen-bond acceptors (Lipinski definition) is 14. The molecule has 3 saturated heterocycles. The van der Waals surface area contributed by atoms with Crippen LogP contribution in [-0.4, -0.2) is 92.5 Å². The average Bonchev–Trinajstić information content (AvgIpc) is 3.61. The molecule has 4 aliphatic heterocycles. The topological polar surface area (TPSA) is 196 Å². The molecule has 2 aromatic carbocycles. The van der Waals surface area contributed by atoms with Crippen LogP contribution in [0.4, 0.5) is 0 Å². The maximum absolute atomic E-state index is 13.4. The van der Waals surface area contributed by atoms with Crippen molar-refractivity contribution in [2.75, 3.05) is 34.2 Å². The quantitative estimate of drug-likeness (QED) is 0.358. The number of benzene rings is 2. The minimum absolute atomic E-state index is 0. The van der Waals surface area contributed by atoms with Gasteiger partial charge in [-0.1, -0.05) is 0 Å². The Morgan fingerprint density at radius 3 is 2.23 bits per heavy atom. The highest BCUT2D eigenvalue weighted by molar-refractivity contribution is 5.79. The third-order valence-corrected chi connectivity index (χ3v) is 8.75. The van der Waals surface area contributed by atoms with Crippen LogP contribution in [0.1, 0.15) is 35.6 Å². The molecule has 234 valence electrons. The van der Waals surface area contributed by atoms with Gasteiger partial charge < -0.3 is 64.1 Å². The maximum Gasteiger partial charge on any atom is 0.310 e. The fraction of sp³-hybridized carbons (Fsp3) is 0.552. The van der Waals surface area contributed by atoms with Crippen LogP contribution in [0.5, 0.6) is 28.7 Å². The van der Waals surface area contributed by atoms with Gasteiger partial charge in [0.05, 0.1) is 39.5 Å². The van der Waals surface area contributed by atoms with E-state index < -0.39 is 66.8 Å². The van der Waals surface area contributed by atoms with Crippen molar-refractivity contribution < 1.29 is 62.7 Å². The Morgan fingerprint density at radius 2 is 1.56 bits per heavy atom.